The molecule has 0 spiro atoms. The van der Waals surface area contributed by atoms with Crippen LogP contribution < -0.4 is 10.1 Å². The van der Waals surface area contributed by atoms with Crippen LogP contribution in [0.15, 0.2) is 76.0 Å². The number of ether oxygens (including phenoxy) is 1. The highest BCUT2D eigenvalue weighted by Gasteiger charge is 2.10. The van der Waals surface area contributed by atoms with Crippen molar-refractivity contribution in [3.05, 3.63) is 83.6 Å². The van der Waals surface area contributed by atoms with Crippen molar-refractivity contribution < 1.29 is 18.4 Å². The van der Waals surface area contributed by atoms with Gasteiger partial charge in [-0.3, -0.25) is 4.79 Å². The van der Waals surface area contributed by atoms with E-state index >= 15 is 0 Å². The lowest BCUT2D eigenvalue weighted by atomic mass is 10.2. The minimum Gasteiger partial charge on any atom is -0.484 e. The highest BCUT2D eigenvalue weighted by atomic mass is 35.5. The van der Waals surface area contributed by atoms with E-state index in [2.05, 4.69) is 15.5 Å². The lowest BCUT2D eigenvalue weighted by molar-refractivity contribution is 0.102. The maximum absolute atomic E-state index is 12.0. The Morgan fingerprint density at radius 2 is 1.82 bits per heavy atom. The standard InChI is InChI=1S/C20H14ClN3O4/c21-15-3-1-13(2-4-15)20-24-23-18(28-20)12-27-17-7-5-16(6-8-17)22-19(25)14-9-10-26-11-14/h1-11H,12H2,(H,22,25). The molecule has 0 aliphatic heterocycles. The first-order valence-corrected chi connectivity index (χ1v) is 8.70. The lowest BCUT2D eigenvalue weighted by Gasteiger charge is -2.06. The third kappa shape index (κ3) is 4.21. The Kier molecular flexibility index (Phi) is 5.07. The molecule has 0 aliphatic rings. The number of carbonyl (C=O) groups is 1. The van der Waals surface area contributed by atoms with Gasteiger partial charge in [-0.15, -0.1) is 10.2 Å². The molecular weight excluding hydrogens is 382 g/mol. The third-order valence-corrected chi connectivity index (χ3v) is 4.07. The molecule has 2 aromatic heterocycles. The van der Waals surface area contributed by atoms with Gasteiger partial charge in [-0.1, -0.05) is 11.6 Å². The first kappa shape index (κ1) is 17.8. The molecule has 1 N–H and O–H groups in total. The number of amides is 1. The Balaban J connectivity index is 1.34. The minimum absolute atomic E-state index is 0.126. The molecule has 0 saturated heterocycles. The number of halogens is 1. The number of carbonyl (C=O) groups excluding carboxylic acids is 1. The molecule has 0 unspecified atom stereocenters. The van der Waals surface area contributed by atoms with Crippen LogP contribution in [0.3, 0.4) is 0 Å². The van der Waals surface area contributed by atoms with Crippen LogP contribution in [0, 0.1) is 0 Å². The molecule has 28 heavy (non-hydrogen) atoms. The van der Waals surface area contributed by atoms with Gasteiger partial charge in [-0.2, -0.15) is 0 Å². The Morgan fingerprint density at radius 1 is 1.04 bits per heavy atom. The maximum Gasteiger partial charge on any atom is 0.258 e. The van der Waals surface area contributed by atoms with Gasteiger partial charge in [0.2, 0.25) is 5.89 Å². The molecule has 7 nitrogen and oxygen atoms in total. The van der Waals surface area contributed by atoms with Crippen LogP contribution in [-0.4, -0.2) is 16.1 Å². The molecule has 0 fully saturated rings. The highest BCUT2D eigenvalue weighted by Crippen LogP contribution is 2.21. The zero-order chi connectivity index (χ0) is 19.3. The molecule has 0 atom stereocenters. The molecule has 0 radical (unpaired) electrons. The van der Waals surface area contributed by atoms with Crippen molar-refractivity contribution >= 4 is 23.2 Å². The molecule has 4 aromatic rings. The summed E-state index contributed by atoms with van der Waals surface area (Å²) in [6, 6.07) is 15.7. The van der Waals surface area contributed by atoms with Gasteiger partial charge in [-0.05, 0) is 54.6 Å². The summed E-state index contributed by atoms with van der Waals surface area (Å²) in [4.78, 5) is 12.0. The number of hydrogen-bond donors (Lipinski definition) is 1. The van der Waals surface area contributed by atoms with Gasteiger partial charge in [-0.25, -0.2) is 0 Å². The van der Waals surface area contributed by atoms with Crippen LogP contribution in [-0.2, 0) is 6.61 Å². The van der Waals surface area contributed by atoms with Crippen LogP contribution in [0.4, 0.5) is 5.69 Å². The summed E-state index contributed by atoms with van der Waals surface area (Å²) in [5.41, 5.74) is 1.87. The number of nitrogens with one attached hydrogen (secondary N) is 1. The number of rotatable bonds is 6. The summed E-state index contributed by atoms with van der Waals surface area (Å²) in [6.45, 7) is 0.126. The Morgan fingerprint density at radius 3 is 2.54 bits per heavy atom. The first-order valence-electron chi connectivity index (χ1n) is 8.32. The van der Waals surface area contributed by atoms with Gasteiger partial charge in [0.1, 0.15) is 12.0 Å². The molecule has 4 rings (SSSR count). The number of aromatic nitrogens is 2. The topological polar surface area (TPSA) is 90.4 Å². The van der Waals surface area contributed by atoms with Gasteiger partial charge in [0.15, 0.2) is 6.61 Å². The monoisotopic (exact) mass is 395 g/mol. The molecular formula is C20H14ClN3O4. The zero-order valence-corrected chi connectivity index (χ0v) is 15.2. The van der Waals surface area contributed by atoms with E-state index in [4.69, 9.17) is 25.2 Å². The third-order valence-electron chi connectivity index (χ3n) is 3.82. The van der Waals surface area contributed by atoms with Crippen molar-refractivity contribution in [1.82, 2.24) is 10.2 Å². The fraction of sp³-hybridized carbons (Fsp3) is 0.0500. The molecule has 8 heteroatoms. The molecule has 0 aliphatic carbocycles. The van der Waals surface area contributed by atoms with E-state index in [9.17, 15) is 4.79 Å². The smallest absolute Gasteiger partial charge is 0.258 e. The van der Waals surface area contributed by atoms with Gasteiger partial charge in [0.05, 0.1) is 11.8 Å². The molecule has 1 amide bonds. The van der Waals surface area contributed by atoms with E-state index in [-0.39, 0.29) is 12.5 Å². The fourth-order valence-corrected chi connectivity index (χ4v) is 2.52. The Hall–Kier alpha value is -3.58. The number of furan rings is 1. The van der Waals surface area contributed by atoms with E-state index in [0.29, 0.717) is 33.8 Å². The van der Waals surface area contributed by atoms with Crippen molar-refractivity contribution in [2.24, 2.45) is 0 Å². The van der Waals surface area contributed by atoms with Gasteiger partial charge >= 0.3 is 0 Å². The van der Waals surface area contributed by atoms with E-state index in [1.807, 2.05) is 0 Å². The number of benzene rings is 2. The summed E-state index contributed by atoms with van der Waals surface area (Å²) in [5, 5.41) is 11.4. The lowest BCUT2D eigenvalue weighted by Crippen LogP contribution is -2.10. The summed E-state index contributed by atoms with van der Waals surface area (Å²) < 4.78 is 16.1. The number of anilines is 1. The predicted molar refractivity (Wildman–Crippen MR) is 102 cm³/mol. The average molecular weight is 396 g/mol. The maximum atomic E-state index is 12.0. The average Bonchev–Trinajstić information content (AvgIpc) is 3.40. The number of hydrogen-bond acceptors (Lipinski definition) is 6. The van der Waals surface area contributed by atoms with E-state index in [1.54, 1.807) is 54.6 Å². The summed E-state index contributed by atoms with van der Waals surface area (Å²) in [5.74, 6) is 1.10. The summed E-state index contributed by atoms with van der Waals surface area (Å²) in [7, 11) is 0. The van der Waals surface area contributed by atoms with Crippen molar-refractivity contribution in [2.45, 2.75) is 6.61 Å². The molecule has 0 bridgehead atoms. The second kappa shape index (κ2) is 7.98. The molecule has 2 heterocycles. The van der Waals surface area contributed by atoms with Crippen LogP contribution in [0.1, 0.15) is 16.2 Å². The second-order valence-corrected chi connectivity index (χ2v) is 6.22. The normalized spacial score (nSPS) is 10.6. The van der Waals surface area contributed by atoms with Crippen LogP contribution in [0.25, 0.3) is 11.5 Å². The highest BCUT2D eigenvalue weighted by molar-refractivity contribution is 6.30. The van der Waals surface area contributed by atoms with Crippen LogP contribution >= 0.6 is 11.6 Å². The second-order valence-electron chi connectivity index (χ2n) is 5.79. The largest absolute Gasteiger partial charge is 0.484 e. The molecule has 140 valence electrons. The van der Waals surface area contributed by atoms with Gasteiger partial charge in [0.25, 0.3) is 11.8 Å². The van der Waals surface area contributed by atoms with Crippen LogP contribution in [0.5, 0.6) is 5.75 Å². The van der Waals surface area contributed by atoms with E-state index in [0.717, 1.165) is 5.56 Å². The molecule has 2 aromatic carbocycles. The van der Waals surface area contributed by atoms with Crippen molar-refractivity contribution in [3.63, 3.8) is 0 Å². The Bertz CT molecular complexity index is 1060. The fourth-order valence-electron chi connectivity index (χ4n) is 2.40. The predicted octanol–water partition coefficient (Wildman–Crippen LogP) is 4.81. The van der Waals surface area contributed by atoms with E-state index < -0.39 is 0 Å². The Labute approximate surface area is 164 Å². The van der Waals surface area contributed by atoms with Crippen LogP contribution in [0.2, 0.25) is 5.02 Å². The SMILES string of the molecule is O=C(Nc1ccc(OCc2nnc(-c3ccc(Cl)cc3)o2)cc1)c1ccoc1. The van der Waals surface area contributed by atoms with Crippen molar-refractivity contribution in [3.8, 4) is 17.2 Å². The number of nitrogens with zero attached hydrogens (tertiary/aromatic N) is 2. The summed E-state index contributed by atoms with van der Waals surface area (Å²) in [6.07, 6.45) is 2.83. The van der Waals surface area contributed by atoms with Gasteiger partial charge in [0, 0.05) is 16.3 Å². The van der Waals surface area contributed by atoms with Crippen molar-refractivity contribution in [2.75, 3.05) is 5.32 Å². The molecule has 0 saturated carbocycles. The quantitative estimate of drug-likeness (QED) is 0.503. The first-order chi connectivity index (χ1) is 13.7. The van der Waals surface area contributed by atoms with E-state index in [1.165, 1.54) is 12.5 Å². The van der Waals surface area contributed by atoms with Crippen molar-refractivity contribution in [1.29, 1.82) is 0 Å². The minimum atomic E-state index is -0.247. The van der Waals surface area contributed by atoms with Gasteiger partial charge < -0.3 is 18.9 Å². The summed E-state index contributed by atoms with van der Waals surface area (Å²) >= 11 is 5.87. The zero-order valence-electron chi connectivity index (χ0n) is 14.5.